The molecule has 0 fully saturated rings. The summed E-state index contributed by atoms with van der Waals surface area (Å²) in [6, 6.07) is 15.6. The number of urea groups is 1. The number of hydrogen-bond acceptors (Lipinski definition) is 2. The lowest BCUT2D eigenvalue weighted by molar-refractivity contribution is 0.256. The second-order valence-electron chi connectivity index (χ2n) is 4.94. The highest BCUT2D eigenvalue weighted by Crippen LogP contribution is 2.38. The predicted molar refractivity (Wildman–Crippen MR) is 92.3 cm³/mol. The van der Waals surface area contributed by atoms with Crippen LogP contribution in [0.1, 0.15) is 6.92 Å². The summed E-state index contributed by atoms with van der Waals surface area (Å²) in [5.41, 5.74) is 1.78. The first-order chi connectivity index (χ1) is 10.1. The zero-order valence-electron chi connectivity index (χ0n) is 11.5. The van der Waals surface area contributed by atoms with Crippen LogP contribution in [0.4, 0.5) is 16.2 Å². The van der Waals surface area contributed by atoms with Gasteiger partial charge in [-0.2, -0.15) is 0 Å². The van der Waals surface area contributed by atoms with Crippen molar-refractivity contribution in [3.05, 3.63) is 53.0 Å². The first-order valence-electron chi connectivity index (χ1n) is 6.73. The van der Waals surface area contributed by atoms with Crippen molar-refractivity contribution in [1.82, 2.24) is 0 Å². The van der Waals surface area contributed by atoms with Crippen LogP contribution >= 0.6 is 27.7 Å². The third kappa shape index (κ3) is 3.24. The smallest absolute Gasteiger partial charge is 0.308 e. The molecule has 1 aliphatic rings. The number of halogens is 1. The molecule has 108 valence electrons. The number of thioether (sulfide) groups is 1. The van der Waals surface area contributed by atoms with Gasteiger partial charge in [0.2, 0.25) is 0 Å². The van der Waals surface area contributed by atoms with Crippen molar-refractivity contribution in [1.29, 1.82) is 0 Å². The van der Waals surface area contributed by atoms with E-state index < -0.39 is 0 Å². The number of rotatable bonds is 1. The highest BCUT2D eigenvalue weighted by atomic mass is 79.9. The lowest BCUT2D eigenvalue weighted by Crippen LogP contribution is -2.41. The zero-order valence-corrected chi connectivity index (χ0v) is 13.9. The molecule has 1 N–H and O–H groups in total. The topological polar surface area (TPSA) is 32.3 Å². The van der Waals surface area contributed by atoms with E-state index in [1.807, 2.05) is 59.1 Å². The molecule has 0 aliphatic carbocycles. The molecular formula is C16H15BrN2OS. The fourth-order valence-electron chi connectivity index (χ4n) is 2.31. The van der Waals surface area contributed by atoms with E-state index in [2.05, 4.69) is 34.2 Å². The van der Waals surface area contributed by atoms with Crippen LogP contribution in [-0.2, 0) is 0 Å². The zero-order chi connectivity index (χ0) is 14.8. The molecule has 2 aromatic rings. The molecule has 0 bridgehead atoms. The fourth-order valence-corrected chi connectivity index (χ4v) is 3.68. The second kappa shape index (κ2) is 6.12. The molecule has 2 amide bonds. The van der Waals surface area contributed by atoms with Gasteiger partial charge in [0.05, 0.1) is 5.69 Å². The van der Waals surface area contributed by atoms with Crippen molar-refractivity contribution in [2.24, 2.45) is 0 Å². The van der Waals surface area contributed by atoms with E-state index in [1.54, 1.807) is 0 Å². The maximum absolute atomic E-state index is 12.6. The lowest BCUT2D eigenvalue weighted by atomic mass is 10.2. The van der Waals surface area contributed by atoms with E-state index in [1.165, 1.54) is 0 Å². The van der Waals surface area contributed by atoms with Crippen LogP contribution in [0.5, 0.6) is 0 Å². The number of carbonyl (C=O) groups excluding carboxylic acids is 1. The number of amides is 2. The van der Waals surface area contributed by atoms with Gasteiger partial charge in [0.1, 0.15) is 0 Å². The van der Waals surface area contributed by atoms with Crippen molar-refractivity contribution >= 4 is 45.1 Å². The molecule has 0 saturated carbocycles. The van der Waals surface area contributed by atoms with Gasteiger partial charge in [-0.3, -0.25) is 4.90 Å². The highest BCUT2D eigenvalue weighted by Gasteiger charge is 2.26. The Hall–Kier alpha value is -1.46. The van der Waals surface area contributed by atoms with E-state index >= 15 is 0 Å². The minimum Gasteiger partial charge on any atom is -0.308 e. The summed E-state index contributed by atoms with van der Waals surface area (Å²) in [5.74, 6) is 0. The van der Waals surface area contributed by atoms with E-state index in [9.17, 15) is 4.79 Å². The van der Waals surface area contributed by atoms with Crippen LogP contribution in [0.3, 0.4) is 0 Å². The third-order valence-corrected chi connectivity index (χ3v) is 4.94. The van der Waals surface area contributed by atoms with Crippen LogP contribution in [0.25, 0.3) is 0 Å². The maximum Gasteiger partial charge on any atom is 0.326 e. The molecule has 0 spiro atoms. The molecule has 0 aromatic heterocycles. The number of hydrogen-bond donors (Lipinski definition) is 1. The van der Waals surface area contributed by atoms with Gasteiger partial charge in [-0.15, -0.1) is 11.8 Å². The summed E-state index contributed by atoms with van der Waals surface area (Å²) in [6.07, 6.45) is 0. The van der Waals surface area contributed by atoms with Gasteiger partial charge in [0, 0.05) is 26.9 Å². The Morgan fingerprint density at radius 1 is 1.24 bits per heavy atom. The lowest BCUT2D eigenvalue weighted by Gasteiger charge is -2.32. The third-order valence-electron chi connectivity index (χ3n) is 3.26. The number of nitrogens with one attached hydrogen (secondary N) is 1. The van der Waals surface area contributed by atoms with Crippen LogP contribution in [-0.4, -0.2) is 17.8 Å². The highest BCUT2D eigenvalue weighted by molar-refractivity contribution is 9.10. The van der Waals surface area contributed by atoms with Gasteiger partial charge in [-0.1, -0.05) is 35.0 Å². The summed E-state index contributed by atoms with van der Waals surface area (Å²) >= 11 is 5.21. The predicted octanol–water partition coefficient (Wildman–Crippen LogP) is 4.98. The Morgan fingerprint density at radius 3 is 2.71 bits per heavy atom. The molecule has 3 rings (SSSR count). The summed E-state index contributed by atoms with van der Waals surface area (Å²) in [7, 11) is 0. The van der Waals surface area contributed by atoms with Crippen molar-refractivity contribution in [3.8, 4) is 0 Å². The van der Waals surface area contributed by atoms with Gasteiger partial charge in [-0.25, -0.2) is 4.79 Å². The Kier molecular flexibility index (Phi) is 4.22. The number of fused-ring (bicyclic) bond motifs is 1. The van der Waals surface area contributed by atoms with Crippen molar-refractivity contribution in [3.63, 3.8) is 0 Å². The maximum atomic E-state index is 12.6. The van der Waals surface area contributed by atoms with E-state index in [0.717, 1.165) is 20.7 Å². The fraction of sp³-hybridized carbons (Fsp3) is 0.188. The summed E-state index contributed by atoms with van der Waals surface area (Å²) in [5, 5.41) is 3.34. The standard InChI is InChI=1S/C16H15BrN2OS/c1-11-10-19(14-4-2-3-5-15(14)21-11)16(20)18-13-8-6-12(17)7-9-13/h2-9,11H,10H2,1H3,(H,18,20)/t11-/m1/s1. The Bertz CT molecular complexity index is 660. The Morgan fingerprint density at radius 2 is 1.95 bits per heavy atom. The van der Waals surface area contributed by atoms with E-state index in [0.29, 0.717) is 11.8 Å². The van der Waals surface area contributed by atoms with E-state index in [-0.39, 0.29) is 6.03 Å². The summed E-state index contributed by atoms with van der Waals surface area (Å²) < 4.78 is 0.994. The van der Waals surface area contributed by atoms with E-state index in [4.69, 9.17) is 0 Å². The second-order valence-corrected chi connectivity index (χ2v) is 7.34. The molecule has 0 unspecified atom stereocenters. The summed E-state index contributed by atoms with van der Waals surface area (Å²) in [4.78, 5) is 15.5. The van der Waals surface area contributed by atoms with Crippen molar-refractivity contribution in [2.45, 2.75) is 17.1 Å². The average Bonchev–Trinajstić information content (AvgIpc) is 2.48. The van der Waals surface area contributed by atoms with Crippen LogP contribution in [0, 0.1) is 0 Å². The first kappa shape index (κ1) is 14.5. The Balaban J connectivity index is 1.83. The molecule has 2 aromatic carbocycles. The quantitative estimate of drug-likeness (QED) is 0.775. The van der Waals surface area contributed by atoms with Gasteiger partial charge in [0.25, 0.3) is 0 Å². The van der Waals surface area contributed by atoms with Crippen LogP contribution in [0.2, 0.25) is 0 Å². The molecule has 0 radical (unpaired) electrons. The molecule has 0 saturated heterocycles. The van der Waals surface area contributed by atoms with Gasteiger partial charge >= 0.3 is 6.03 Å². The molecular weight excluding hydrogens is 348 g/mol. The molecule has 1 heterocycles. The molecule has 1 atom stereocenters. The number of benzene rings is 2. The Labute approximate surface area is 136 Å². The number of nitrogens with zero attached hydrogens (tertiary/aromatic N) is 1. The van der Waals surface area contributed by atoms with Crippen LogP contribution < -0.4 is 10.2 Å². The van der Waals surface area contributed by atoms with Crippen molar-refractivity contribution < 1.29 is 4.79 Å². The normalized spacial score (nSPS) is 17.2. The number of carbonyl (C=O) groups is 1. The molecule has 21 heavy (non-hydrogen) atoms. The SMILES string of the molecule is C[C@@H]1CN(C(=O)Nc2ccc(Br)cc2)c2ccccc2S1. The van der Waals surface area contributed by atoms with Gasteiger partial charge < -0.3 is 5.32 Å². The first-order valence-corrected chi connectivity index (χ1v) is 8.40. The van der Waals surface area contributed by atoms with Crippen molar-refractivity contribution in [2.75, 3.05) is 16.8 Å². The molecule has 3 nitrogen and oxygen atoms in total. The average molecular weight is 363 g/mol. The summed E-state index contributed by atoms with van der Waals surface area (Å²) in [6.45, 7) is 2.85. The molecule has 1 aliphatic heterocycles. The van der Waals surface area contributed by atoms with Gasteiger partial charge in [-0.05, 0) is 36.4 Å². The van der Waals surface area contributed by atoms with Crippen LogP contribution in [0.15, 0.2) is 57.9 Å². The largest absolute Gasteiger partial charge is 0.326 e. The van der Waals surface area contributed by atoms with Gasteiger partial charge in [0.15, 0.2) is 0 Å². The number of anilines is 2. The number of para-hydroxylation sites is 1. The molecule has 5 heteroatoms. The minimum atomic E-state index is -0.0862. The minimum absolute atomic E-state index is 0.0862. The monoisotopic (exact) mass is 362 g/mol.